The molecule has 2 aliphatic rings. The summed E-state index contributed by atoms with van der Waals surface area (Å²) in [6.45, 7) is 3.72. The van der Waals surface area contributed by atoms with Crippen molar-refractivity contribution in [3.63, 3.8) is 0 Å². The molecule has 4 rings (SSSR count). The molecular formula is C22H20ClFN2O2S. The fraction of sp³-hybridized carbons (Fsp3) is 0.273. The lowest BCUT2D eigenvalue weighted by Crippen LogP contribution is -2.27. The number of anilines is 1. The molecule has 2 aromatic rings. The van der Waals surface area contributed by atoms with E-state index in [1.54, 1.807) is 24.3 Å². The van der Waals surface area contributed by atoms with Gasteiger partial charge in [-0.2, -0.15) is 0 Å². The number of hydrogen-bond donors (Lipinski definition) is 0. The molecule has 0 aliphatic carbocycles. The van der Waals surface area contributed by atoms with Crippen molar-refractivity contribution >= 4 is 46.3 Å². The van der Waals surface area contributed by atoms with Gasteiger partial charge in [0.2, 0.25) is 0 Å². The lowest BCUT2D eigenvalue weighted by Gasteiger charge is -2.19. The average molecular weight is 431 g/mol. The number of nitrogens with zero attached hydrogens (tertiary/aromatic N) is 2. The van der Waals surface area contributed by atoms with Gasteiger partial charge in [-0.25, -0.2) is 4.39 Å². The predicted molar refractivity (Wildman–Crippen MR) is 116 cm³/mol. The number of benzene rings is 2. The second kappa shape index (κ2) is 8.20. The minimum atomic E-state index is -0.386. The van der Waals surface area contributed by atoms with Crippen LogP contribution in [0.5, 0.6) is 0 Å². The van der Waals surface area contributed by atoms with Gasteiger partial charge >= 0.3 is 0 Å². The number of rotatable bonds is 4. The van der Waals surface area contributed by atoms with Gasteiger partial charge in [0.15, 0.2) is 0 Å². The summed E-state index contributed by atoms with van der Waals surface area (Å²) >= 11 is 7.02. The molecule has 0 unspecified atom stereocenters. The van der Waals surface area contributed by atoms with Crippen molar-refractivity contribution in [1.29, 1.82) is 0 Å². The van der Waals surface area contributed by atoms with Crippen LogP contribution >= 0.6 is 23.4 Å². The Labute approximate surface area is 178 Å². The van der Waals surface area contributed by atoms with Gasteiger partial charge in [0.25, 0.3) is 11.1 Å². The SMILES string of the molecule is Cc1cc(N2CCCC2)c(F)cc1/C=C1\SC(=O)N(Cc2ccccc2Cl)C1=O. The Morgan fingerprint density at radius 3 is 2.62 bits per heavy atom. The molecule has 0 bridgehead atoms. The molecule has 0 N–H and O–H groups in total. The van der Waals surface area contributed by atoms with E-state index in [-0.39, 0.29) is 23.5 Å². The van der Waals surface area contributed by atoms with Gasteiger partial charge in [-0.3, -0.25) is 14.5 Å². The summed E-state index contributed by atoms with van der Waals surface area (Å²) < 4.78 is 14.7. The highest BCUT2D eigenvalue weighted by Gasteiger charge is 2.35. The summed E-state index contributed by atoms with van der Waals surface area (Å²) in [6.07, 6.45) is 3.74. The smallest absolute Gasteiger partial charge is 0.293 e. The molecule has 0 radical (unpaired) electrons. The number of aryl methyl sites for hydroxylation is 1. The molecule has 2 fully saturated rings. The summed E-state index contributed by atoms with van der Waals surface area (Å²) in [4.78, 5) is 28.7. The highest BCUT2D eigenvalue weighted by Crippen LogP contribution is 2.35. The molecule has 7 heteroatoms. The van der Waals surface area contributed by atoms with Gasteiger partial charge in [0.1, 0.15) is 5.82 Å². The molecule has 0 spiro atoms. The maximum Gasteiger partial charge on any atom is 0.293 e. The van der Waals surface area contributed by atoms with Crippen molar-refractivity contribution in [3.05, 3.63) is 68.8 Å². The number of amides is 2. The number of halogens is 2. The Hall–Kier alpha value is -2.31. The van der Waals surface area contributed by atoms with Gasteiger partial charge in [-0.15, -0.1) is 0 Å². The maximum atomic E-state index is 14.7. The molecule has 4 nitrogen and oxygen atoms in total. The van der Waals surface area contributed by atoms with E-state index in [0.29, 0.717) is 26.7 Å². The predicted octanol–water partition coefficient (Wildman–Crippen LogP) is 5.62. The molecule has 2 heterocycles. The van der Waals surface area contributed by atoms with Gasteiger partial charge < -0.3 is 4.90 Å². The molecule has 150 valence electrons. The van der Waals surface area contributed by atoms with Crippen molar-refractivity contribution in [1.82, 2.24) is 4.90 Å². The van der Waals surface area contributed by atoms with Crippen molar-refractivity contribution < 1.29 is 14.0 Å². The quantitative estimate of drug-likeness (QED) is 0.590. The van der Waals surface area contributed by atoms with E-state index in [1.165, 1.54) is 11.0 Å². The van der Waals surface area contributed by atoms with Gasteiger partial charge in [-0.1, -0.05) is 29.8 Å². The lowest BCUT2D eigenvalue weighted by atomic mass is 10.1. The first-order chi connectivity index (χ1) is 13.9. The number of carbonyl (C=O) groups is 2. The third-order valence-corrected chi connectivity index (χ3v) is 6.50. The van der Waals surface area contributed by atoms with Crippen LogP contribution in [0.4, 0.5) is 14.9 Å². The van der Waals surface area contributed by atoms with E-state index in [2.05, 4.69) is 0 Å². The zero-order valence-corrected chi connectivity index (χ0v) is 17.5. The van der Waals surface area contributed by atoms with Gasteiger partial charge in [0.05, 0.1) is 17.1 Å². The number of carbonyl (C=O) groups excluding carboxylic acids is 2. The van der Waals surface area contributed by atoms with E-state index < -0.39 is 0 Å². The zero-order chi connectivity index (χ0) is 20.5. The van der Waals surface area contributed by atoms with Crippen molar-refractivity contribution in [3.8, 4) is 0 Å². The zero-order valence-electron chi connectivity index (χ0n) is 16.0. The van der Waals surface area contributed by atoms with E-state index in [4.69, 9.17) is 11.6 Å². The van der Waals surface area contributed by atoms with Crippen molar-refractivity contribution in [2.24, 2.45) is 0 Å². The standard InChI is InChI=1S/C22H20ClFN2O2S/c1-14-10-19(25-8-4-5-9-25)18(24)11-16(14)12-20-21(27)26(22(28)29-20)13-15-6-2-3-7-17(15)23/h2-3,6-7,10-12H,4-5,8-9,13H2,1H3/b20-12-. The minimum absolute atomic E-state index is 0.114. The maximum absolute atomic E-state index is 14.7. The normalized spacial score (nSPS) is 18.4. The summed E-state index contributed by atoms with van der Waals surface area (Å²) in [6, 6.07) is 10.4. The van der Waals surface area contributed by atoms with Crippen LogP contribution in [-0.4, -0.2) is 29.1 Å². The lowest BCUT2D eigenvalue weighted by molar-refractivity contribution is -0.123. The number of hydrogen-bond acceptors (Lipinski definition) is 4. The topological polar surface area (TPSA) is 40.6 Å². The number of thioether (sulfide) groups is 1. The first kappa shape index (κ1) is 20.0. The first-order valence-electron chi connectivity index (χ1n) is 9.48. The number of imide groups is 1. The highest BCUT2D eigenvalue weighted by atomic mass is 35.5. The molecule has 2 aliphatic heterocycles. The molecule has 29 heavy (non-hydrogen) atoms. The first-order valence-corrected chi connectivity index (χ1v) is 10.7. The van der Waals surface area contributed by atoms with E-state index in [9.17, 15) is 14.0 Å². The van der Waals surface area contributed by atoms with Crippen LogP contribution in [0.25, 0.3) is 6.08 Å². The van der Waals surface area contributed by atoms with Crippen LogP contribution in [0, 0.1) is 12.7 Å². The van der Waals surface area contributed by atoms with E-state index in [1.807, 2.05) is 24.0 Å². The van der Waals surface area contributed by atoms with Crippen LogP contribution in [0.3, 0.4) is 0 Å². The molecule has 2 aromatic carbocycles. The van der Waals surface area contributed by atoms with Crippen LogP contribution in [0.2, 0.25) is 5.02 Å². The van der Waals surface area contributed by atoms with Crippen LogP contribution < -0.4 is 4.90 Å². The Morgan fingerprint density at radius 1 is 1.17 bits per heavy atom. The van der Waals surface area contributed by atoms with Crippen LogP contribution in [0.15, 0.2) is 41.3 Å². The second-order valence-electron chi connectivity index (χ2n) is 7.21. The molecule has 2 saturated heterocycles. The Kier molecular flexibility index (Phi) is 5.65. The van der Waals surface area contributed by atoms with Crippen LogP contribution in [0.1, 0.15) is 29.5 Å². The summed E-state index contributed by atoms with van der Waals surface area (Å²) in [5.41, 5.74) is 2.78. The van der Waals surface area contributed by atoms with Crippen molar-refractivity contribution in [2.75, 3.05) is 18.0 Å². The van der Waals surface area contributed by atoms with Crippen molar-refractivity contribution in [2.45, 2.75) is 26.3 Å². The second-order valence-corrected chi connectivity index (χ2v) is 8.61. The molecule has 2 amide bonds. The monoisotopic (exact) mass is 430 g/mol. The van der Waals surface area contributed by atoms with E-state index >= 15 is 0 Å². The molecule has 0 atom stereocenters. The fourth-order valence-corrected chi connectivity index (χ4v) is 4.64. The third kappa shape index (κ3) is 4.05. The highest BCUT2D eigenvalue weighted by molar-refractivity contribution is 8.18. The summed E-state index contributed by atoms with van der Waals surface area (Å²) in [7, 11) is 0. The Morgan fingerprint density at radius 2 is 1.90 bits per heavy atom. The molecule has 0 saturated carbocycles. The summed E-state index contributed by atoms with van der Waals surface area (Å²) in [5.74, 6) is -0.692. The fourth-order valence-electron chi connectivity index (χ4n) is 3.61. The minimum Gasteiger partial charge on any atom is -0.369 e. The van der Waals surface area contributed by atoms with Crippen LogP contribution in [-0.2, 0) is 11.3 Å². The largest absolute Gasteiger partial charge is 0.369 e. The Balaban J connectivity index is 1.58. The van der Waals surface area contributed by atoms with E-state index in [0.717, 1.165) is 43.3 Å². The third-order valence-electron chi connectivity index (χ3n) is 5.23. The Bertz CT molecular complexity index is 1020. The summed E-state index contributed by atoms with van der Waals surface area (Å²) in [5, 5.41) is 0.152. The van der Waals surface area contributed by atoms with Gasteiger partial charge in [-0.05, 0) is 72.5 Å². The average Bonchev–Trinajstić information content (AvgIpc) is 3.31. The van der Waals surface area contributed by atoms with Gasteiger partial charge in [0, 0.05) is 18.1 Å². The molecular weight excluding hydrogens is 411 g/mol. The molecule has 0 aromatic heterocycles.